The topological polar surface area (TPSA) is 29.9 Å². The summed E-state index contributed by atoms with van der Waals surface area (Å²) >= 11 is 0. The van der Waals surface area contributed by atoms with Gasteiger partial charge < -0.3 is 5.32 Å². The quantitative estimate of drug-likeness (QED) is 0.647. The van der Waals surface area contributed by atoms with Crippen LogP contribution in [0.1, 0.15) is 11.6 Å². The highest BCUT2D eigenvalue weighted by Gasteiger charge is 2.54. The molecule has 64 valence electrons. The molecule has 3 heteroatoms. The first kappa shape index (κ1) is 6.66. The van der Waals surface area contributed by atoms with Crippen LogP contribution in [-0.4, -0.2) is 22.9 Å². The summed E-state index contributed by atoms with van der Waals surface area (Å²) < 4.78 is 1.90. The van der Waals surface area contributed by atoms with E-state index in [1.165, 1.54) is 18.8 Å². The first-order valence-electron chi connectivity index (χ1n) is 4.56. The number of piperidine rings is 1. The standard InChI is InChI=1S/C9H13N3/c1-12-3-2-8(11-12)9-6-4-10-5-7(6)9/h2-3,6-7,9-10H,4-5H2,1H3. The van der Waals surface area contributed by atoms with Crippen molar-refractivity contribution in [3.63, 3.8) is 0 Å². The van der Waals surface area contributed by atoms with Gasteiger partial charge in [-0.25, -0.2) is 0 Å². The number of aryl methyl sites for hydroxylation is 1. The Balaban J connectivity index is 1.84. The third-order valence-corrected chi connectivity index (χ3v) is 3.17. The summed E-state index contributed by atoms with van der Waals surface area (Å²) in [5, 5.41) is 7.84. The zero-order valence-electron chi connectivity index (χ0n) is 7.20. The van der Waals surface area contributed by atoms with Gasteiger partial charge in [-0.15, -0.1) is 0 Å². The van der Waals surface area contributed by atoms with Gasteiger partial charge in [0.25, 0.3) is 0 Å². The van der Waals surface area contributed by atoms with Gasteiger partial charge in [-0.2, -0.15) is 5.10 Å². The molecule has 12 heavy (non-hydrogen) atoms. The monoisotopic (exact) mass is 163 g/mol. The van der Waals surface area contributed by atoms with Crippen molar-refractivity contribution >= 4 is 0 Å². The van der Waals surface area contributed by atoms with Crippen LogP contribution in [0.2, 0.25) is 0 Å². The molecule has 0 radical (unpaired) electrons. The van der Waals surface area contributed by atoms with Crippen LogP contribution in [-0.2, 0) is 7.05 Å². The molecule has 1 aromatic heterocycles. The lowest BCUT2D eigenvalue weighted by molar-refractivity contribution is 0.657. The SMILES string of the molecule is Cn1ccc(C2C3CNCC32)n1. The van der Waals surface area contributed by atoms with E-state index in [1.54, 1.807) is 0 Å². The van der Waals surface area contributed by atoms with Gasteiger partial charge in [0, 0.05) is 19.2 Å². The van der Waals surface area contributed by atoms with Gasteiger partial charge in [-0.1, -0.05) is 0 Å². The Bertz CT molecular complexity index is 294. The van der Waals surface area contributed by atoms with E-state index in [2.05, 4.69) is 16.5 Å². The van der Waals surface area contributed by atoms with E-state index in [0.717, 1.165) is 17.8 Å². The van der Waals surface area contributed by atoms with Crippen LogP contribution in [0.15, 0.2) is 12.3 Å². The lowest BCUT2D eigenvalue weighted by atomic mass is 10.2. The summed E-state index contributed by atoms with van der Waals surface area (Å²) in [6.07, 6.45) is 2.04. The first-order chi connectivity index (χ1) is 5.86. The number of fused-ring (bicyclic) bond motifs is 1. The third-order valence-electron chi connectivity index (χ3n) is 3.17. The maximum atomic E-state index is 4.44. The van der Waals surface area contributed by atoms with Crippen molar-refractivity contribution in [1.29, 1.82) is 0 Å². The second kappa shape index (κ2) is 2.10. The molecule has 1 saturated heterocycles. The molecule has 0 aromatic carbocycles. The van der Waals surface area contributed by atoms with Crippen LogP contribution in [0.4, 0.5) is 0 Å². The van der Waals surface area contributed by atoms with Gasteiger partial charge in [0.05, 0.1) is 5.69 Å². The minimum Gasteiger partial charge on any atom is -0.316 e. The van der Waals surface area contributed by atoms with Gasteiger partial charge in [0.2, 0.25) is 0 Å². The van der Waals surface area contributed by atoms with E-state index in [0.29, 0.717) is 0 Å². The van der Waals surface area contributed by atoms with Crippen LogP contribution in [0.3, 0.4) is 0 Å². The smallest absolute Gasteiger partial charge is 0.0662 e. The van der Waals surface area contributed by atoms with E-state index >= 15 is 0 Å². The molecule has 2 heterocycles. The van der Waals surface area contributed by atoms with E-state index in [9.17, 15) is 0 Å². The highest BCUT2D eigenvalue weighted by atomic mass is 15.3. The molecule has 1 aliphatic carbocycles. The number of aromatic nitrogens is 2. The number of rotatable bonds is 1. The fraction of sp³-hybridized carbons (Fsp3) is 0.667. The van der Waals surface area contributed by atoms with Gasteiger partial charge in [0.15, 0.2) is 0 Å². The molecule has 1 aromatic rings. The van der Waals surface area contributed by atoms with Gasteiger partial charge in [0.1, 0.15) is 0 Å². The van der Waals surface area contributed by atoms with Crippen molar-refractivity contribution in [2.24, 2.45) is 18.9 Å². The lowest BCUT2D eigenvalue weighted by Crippen LogP contribution is -2.14. The molecule has 1 aliphatic heterocycles. The summed E-state index contributed by atoms with van der Waals surface area (Å²) in [6.45, 7) is 2.40. The fourth-order valence-corrected chi connectivity index (χ4v) is 2.47. The maximum Gasteiger partial charge on any atom is 0.0662 e. The minimum atomic E-state index is 0.771. The molecule has 2 unspecified atom stereocenters. The number of nitrogens with one attached hydrogen (secondary N) is 1. The highest BCUT2D eigenvalue weighted by Crippen LogP contribution is 2.55. The molecule has 0 bridgehead atoms. The van der Waals surface area contributed by atoms with Gasteiger partial charge in [-0.05, 0) is 31.0 Å². The summed E-state index contributed by atoms with van der Waals surface area (Å²) in [7, 11) is 1.99. The maximum absolute atomic E-state index is 4.44. The predicted octanol–water partition coefficient (Wildman–Crippen LogP) is 0.353. The van der Waals surface area contributed by atoms with E-state index < -0.39 is 0 Å². The average molecular weight is 163 g/mol. The molecule has 2 atom stereocenters. The molecule has 2 aliphatic rings. The Morgan fingerprint density at radius 3 is 2.83 bits per heavy atom. The Morgan fingerprint density at radius 1 is 1.50 bits per heavy atom. The van der Waals surface area contributed by atoms with E-state index in [1.807, 2.05) is 17.9 Å². The Labute approximate surface area is 71.8 Å². The fourth-order valence-electron chi connectivity index (χ4n) is 2.47. The van der Waals surface area contributed by atoms with Crippen molar-refractivity contribution in [3.8, 4) is 0 Å². The number of hydrogen-bond acceptors (Lipinski definition) is 2. The van der Waals surface area contributed by atoms with Crippen LogP contribution >= 0.6 is 0 Å². The average Bonchev–Trinajstić information content (AvgIpc) is 2.55. The molecule has 3 rings (SSSR count). The molecule has 0 spiro atoms. The van der Waals surface area contributed by atoms with Crippen LogP contribution in [0.25, 0.3) is 0 Å². The lowest BCUT2D eigenvalue weighted by Gasteiger charge is -1.99. The van der Waals surface area contributed by atoms with Crippen molar-refractivity contribution in [2.45, 2.75) is 5.92 Å². The second-order valence-electron chi connectivity index (χ2n) is 3.93. The highest BCUT2D eigenvalue weighted by molar-refractivity contribution is 5.23. The summed E-state index contributed by atoms with van der Waals surface area (Å²) in [4.78, 5) is 0. The van der Waals surface area contributed by atoms with Gasteiger partial charge >= 0.3 is 0 Å². The molecule has 0 amide bonds. The Morgan fingerprint density at radius 2 is 2.25 bits per heavy atom. The van der Waals surface area contributed by atoms with Crippen LogP contribution in [0, 0.1) is 11.8 Å². The van der Waals surface area contributed by atoms with Crippen LogP contribution in [0.5, 0.6) is 0 Å². The summed E-state index contributed by atoms with van der Waals surface area (Å²) in [6, 6.07) is 2.16. The van der Waals surface area contributed by atoms with Crippen molar-refractivity contribution in [3.05, 3.63) is 18.0 Å². The predicted molar refractivity (Wildman–Crippen MR) is 45.8 cm³/mol. The zero-order valence-corrected chi connectivity index (χ0v) is 7.20. The second-order valence-corrected chi connectivity index (χ2v) is 3.93. The van der Waals surface area contributed by atoms with E-state index in [4.69, 9.17) is 0 Å². The number of nitrogens with zero attached hydrogens (tertiary/aromatic N) is 2. The van der Waals surface area contributed by atoms with Crippen molar-refractivity contribution < 1.29 is 0 Å². The molecule has 1 saturated carbocycles. The first-order valence-corrected chi connectivity index (χ1v) is 4.56. The summed E-state index contributed by atoms with van der Waals surface area (Å²) in [5.41, 5.74) is 1.30. The van der Waals surface area contributed by atoms with E-state index in [-0.39, 0.29) is 0 Å². The van der Waals surface area contributed by atoms with Crippen molar-refractivity contribution in [1.82, 2.24) is 15.1 Å². The molecule has 2 fully saturated rings. The molecule has 3 nitrogen and oxygen atoms in total. The molecular formula is C9H13N3. The number of hydrogen-bond donors (Lipinski definition) is 1. The van der Waals surface area contributed by atoms with Crippen LogP contribution < -0.4 is 5.32 Å². The Hall–Kier alpha value is -0.830. The van der Waals surface area contributed by atoms with Gasteiger partial charge in [-0.3, -0.25) is 4.68 Å². The molecule has 1 N–H and O–H groups in total. The molecular weight excluding hydrogens is 150 g/mol. The Kier molecular flexibility index (Phi) is 1.17. The summed E-state index contributed by atoms with van der Waals surface area (Å²) in [5.74, 6) is 2.55. The zero-order chi connectivity index (χ0) is 8.13. The largest absolute Gasteiger partial charge is 0.316 e. The van der Waals surface area contributed by atoms with Crippen molar-refractivity contribution in [2.75, 3.05) is 13.1 Å². The third kappa shape index (κ3) is 0.771. The normalized spacial score (nSPS) is 38.2. The minimum absolute atomic E-state index is 0.771.